The van der Waals surface area contributed by atoms with Crippen molar-refractivity contribution in [3.05, 3.63) is 36.9 Å². The van der Waals surface area contributed by atoms with Crippen LogP contribution in [0.25, 0.3) is 5.69 Å². The van der Waals surface area contributed by atoms with Crippen molar-refractivity contribution in [2.24, 2.45) is 0 Å². The minimum atomic E-state index is -0.640. The molecule has 1 aromatic heterocycles. The van der Waals surface area contributed by atoms with E-state index in [1.165, 1.54) is 6.33 Å². The van der Waals surface area contributed by atoms with Gasteiger partial charge in [0, 0.05) is 11.2 Å². The van der Waals surface area contributed by atoms with Crippen LogP contribution in [-0.4, -0.2) is 38.3 Å². The third-order valence-electron chi connectivity index (χ3n) is 3.05. The Kier molecular flexibility index (Phi) is 5.18. The van der Waals surface area contributed by atoms with Crippen LogP contribution in [0.15, 0.2) is 36.9 Å². The number of hydrogen-bond acceptors (Lipinski definition) is 4. The highest BCUT2D eigenvalue weighted by Crippen LogP contribution is 2.12. The van der Waals surface area contributed by atoms with Gasteiger partial charge in [-0.15, -0.1) is 0 Å². The zero-order chi connectivity index (χ0) is 17.7. The Labute approximate surface area is 140 Å². The van der Waals surface area contributed by atoms with E-state index in [9.17, 15) is 9.59 Å². The molecule has 24 heavy (non-hydrogen) atoms. The summed E-state index contributed by atoms with van der Waals surface area (Å²) in [5.41, 5.74) is 1.09. The van der Waals surface area contributed by atoms with Gasteiger partial charge in [0.1, 0.15) is 18.7 Å². The number of nitrogens with one attached hydrogen (secondary N) is 3. The summed E-state index contributed by atoms with van der Waals surface area (Å²) < 4.78 is 1.61. The Morgan fingerprint density at radius 3 is 2.38 bits per heavy atom. The standard InChI is InChI=1S/C16H22N6O2/c1-11(14(23)21-16(2,3)4)19-15(24)20-12-5-7-13(8-6-12)22-10-17-9-18-22/h5-11H,1-4H3,(H,21,23)(H2,19,20,24)/t11-/m1/s1. The first kappa shape index (κ1) is 17.5. The lowest BCUT2D eigenvalue weighted by Gasteiger charge is -2.23. The number of aromatic nitrogens is 3. The van der Waals surface area contributed by atoms with Gasteiger partial charge in [0.05, 0.1) is 5.69 Å². The molecule has 2 aromatic rings. The number of anilines is 1. The second kappa shape index (κ2) is 7.12. The van der Waals surface area contributed by atoms with Crippen molar-refractivity contribution in [1.29, 1.82) is 0 Å². The maximum atomic E-state index is 12.0. The van der Waals surface area contributed by atoms with Gasteiger partial charge in [-0.1, -0.05) is 0 Å². The predicted molar refractivity (Wildman–Crippen MR) is 90.9 cm³/mol. The molecule has 128 valence electrons. The zero-order valence-corrected chi connectivity index (χ0v) is 14.2. The average Bonchev–Trinajstić information content (AvgIpc) is 3.00. The Morgan fingerprint density at radius 1 is 1.17 bits per heavy atom. The third-order valence-corrected chi connectivity index (χ3v) is 3.05. The lowest BCUT2D eigenvalue weighted by molar-refractivity contribution is -0.123. The number of benzene rings is 1. The number of carbonyl (C=O) groups excluding carboxylic acids is 2. The van der Waals surface area contributed by atoms with E-state index in [1.54, 1.807) is 42.2 Å². The Hall–Kier alpha value is -2.90. The highest BCUT2D eigenvalue weighted by Gasteiger charge is 2.20. The first-order valence-electron chi connectivity index (χ1n) is 7.59. The Morgan fingerprint density at radius 2 is 1.83 bits per heavy atom. The van der Waals surface area contributed by atoms with Crippen LogP contribution in [0, 0.1) is 0 Å². The van der Waals surface area contributed by atoms with Gasteiger partial charge >= 0.3 is 6.03 Å². The molecule has 0 radical (unpaired) electrons. The molecule has 1 aromatic carbocycles. The molecule has 0 saturated heterocycles. The van der Waals surface area contributed by atoms with Crippen LogP contribution in [0.5, 0.6) is 0 Å². The predicted octanol–water partition coefficient (Wildman–Crippen LogP) is 1.69. The van der Waals surface area contributed by atoms with Gasteiger partial charge in [-0.05, 0) is 52.0 Å². The van der Waals surface area contributed by atoms with Gasteiger partial charge in [0.2, 0.25) is 5.91 Å². The minimum Gasteiger partial charge on any atom is -0.350 e. The smallest absolute Gasteiger partial charge is 0.319 e. The molecular formula is C16H22N6O2. The van der Waals surface area contributed by atoms with Gasteiger partial charge < -0.3 is 16.0 Å². The fourth-order valence-electron chi connectivity index (χ4n) is 1.95. The van der Waals surface area contributed by atoms with Crippen molar-refractivity contribution in [3.63, 3.8) is 0 Å². The van der Waals surface area contributed by atoms with E-state index >= 15 is 0 Å². The summed E-state index contributed by atoms with van der Waals surface area (Å²) in [6.07, 6.45) is 3.04. The topological polar surface area (TPSA) is 101 Å². The van der Waals surface area contributed by atoms with Crippen molar-refractivity contribution in [2.45, 2.75) is 39.3 Å². The molecule has 3 N–H and O–H groups in total. The lowest BCUT2D eigenvalue weighted by Crippen LogP contribution is -2.51. The normalized spacial score (nSPS) is 12.3. The van der Waals surface area contributed by atoms with Gasteiger partial charge in [0.15, 0.2) is 0 Å². The van der Waals surface area contributed by atoms with E-state index in [-0.39, 0.29) is 11.4 Å². The van der Waals surface area contributed by atoms with E-state index in [1.807, 2.05) is 20.8 Å². The molecule has 1 heterocycles. The summed E-state index contributed by atoms with van der Waals surface area (Å²) in [4.78, 5) is 27.8. The molecule has 8 nitrogen and oxygen atoms in total. The van der Waals surface area contributed by atoms with Gasteiger partial charge in [-0.3, -0.25) is 4.79 Å². The highest BCUT2D eigenvalue weighted by atomic mass is 16.2. The molecular weight excluding hydrogens is 308 g/mol. The van der Waals surface area contributed by atoms with Crippen LogP contribution >= 0.6 is 0 Å². The van der Waals surface area contributed by atoms with Gasteiger partial charge in [-0.2, -0.15) is 5.10 Å². The molecule has 0 spiro atoms. The molecule has 2 rings (SSSR count). The fraction of sp³-hybridized carbons (Fsp3) is 0.375. The SMILES string of the molecule is C[C@@H](NC(=O)Nc1ccc(-n2cncn2)cc1)C(=O)NC(C)(C)C. The monoisotopic (exact) mass is 330 g/mol. The van der Waals surface area contributed by atoms with E-state index < -0.39 is 12.1 Å². The van der Waals surface area contributed by atoms with Crippen LogP contribution in [0.4, 0.5) is 10.5 Å². The van der Waals surface area contributed by atoms with Crippen LogP contribution in [-0.2, 0) is 4.79 Å². The minimum absolute atomic E-state index is 0.237. The van der Waals surface area contributed by atoms with Gasteiger partial charge in [0.25, 0.3) is 0 Å². The number of rotatable bonds is 4. The van der Waals surface area contributed by atoms with Crippen molar-refractivity contribution in [1.82, 2.24) is 25.4 Å². The van der Waals surface area contributed by atoms with Crippen molar-refractivity contribution in [2.75, 3.05) is 5.32 Å². The molecule has 0 aliphatic rings. The van der Waals surface area contributed by atoms with Crippen LogP contribution in [0.1, 0.15) is 27.7 Å². The summed E-state index contributed by atoms with van der Waals surface area (Å²) in [5.74, 6) is -0.237. The maximum Gasteiger partial charge on any atom is 0.319 e. The summed E-state index contributed by atoms with van der Waals surface area (Å²) in [7, 11) is 0. The maximum absolute atomic E-state index is 12.0. The molecule has 0 fully saturated rings. The van der Waals surface area contributed by atoms with E-state index in [0.717, 1.165) is 5.69 Å². The number of amides is 3. The summed E-state index contributed by atoms with van der Waals surface area (Å²) in [6.45, 7) is 7.28. The molecule has 0 aliphatic heterocycles. The average molecular weight is 330 g/mol. The van der Waals surface area contributed by atoms with E-state index in [2.05, 4.69) is 26.0 Å². The summed E-state index contributed by atoms with van der Waals surface area (Å²) in [6, 6.07) is 6.02. The second-order valence-corrected chi connectivity index (χ2v) is 6.45. The van der Waals surface area contributed by atoms with E-state index in [4.69, 9.17) is 0 Å². The molecule has 1 atom stereocenters. The highest BCUT2D eigenvalue weighted by molar-refractivity contribution is 5.93. The van der Waals surface area contributed by atoms with Gasteiger partial charge in [-0.25, -0.2) is 14.5 Å². The number of carbonyl (C=O) groups is 2. The van der Waals surface area contributed by atoms with Crippen molar-refractivity contribution < 1.29 is 9.59 Å². The fourth-order valence-corrected chi connectivity index (χ4v) is 1.95. The van der Waals surface area contributed by atoms with E-state index in [0.29, 0.717) is 5.69 Å². The molecule has 8 heteroatoms. The molecule has 0 unspecified atom stereocenters. The van der Waals surface area contributed by atoms with Crippen LogP contribution in [0.3, 0.4) is 0 Å². The summed E-state index contributed by atoms with van der Waals surface area (Å²) in [5, 5.41) is 12.1. The molecule has 3 amide bonds. The second-order valence-electron chi connectivity index (χ2n) is 6.45. The van der Waals surface area contributed by atoms with Crippen molar-refractivity contribution >= 4 is 17.6 Å². The Balaban J connectivity index is 1.89. The quantitative estimate of drug-likeness (QED) is 0.794. The first-order valence-corrected chi connectivity index (χ1v) is 7.59. The zero-order valence-electron chi connectivity index (χ0n) is 14.2. The summed E-state index contributed by atoms with van der Waals surface area (Å²) >= 11 is 0. The van der Waals surface area contributed by atoms with Crippen molar-refractivity contribution in [3.8, 4) is 5.69 Å². The lowest BCUT2D eigenvalue weighted by atomic mass is 10.1. The first-order chi connectivity index (χ1) is 11.2. The van der Waals surface area contributed by atoms with Crippen LogP contribution < -0.4 is 16.0 Å². The molecule has 0 aliphatic carbocycles. The largest absolute Gasteiger partial charge is 0.350 e. The molecule has 0 saturated carbocycles. The Bertz CT molecular complexity index is 688. The third kappa shape index (κ3) is 5.08. The molecule has 0 bridgehead atoms. The number of hydrogen-bond donors (Lipinski definition) is 3. The number of urea groups is 1. The van der Waals surface area contributed by atoms with Crippen LogP contribution in [0.2, 0.25) is 0 Å². The number of nitrogens with zero attached hydrogens (tertiary/aromatic N) is 3.